The Morgan fingerprint density at radius 1 is 1.33 bits per heavy atom. The monoisotopic (exact) mass is 149 g/mol. The molecule has 0 bridgehead atoms. The van der Waals surface area contributed by atoms with Gasteiger partial charge < -0.3 is 14.6 Å². The van der Waals surface area contributed by atoms with E-state index in [-0.39, 0.29) is 0 Å². The lowest BCUT2D eigenvalue weighted by molar-refractivity contribution is 0.277. The zero-order chi connectivity index (χ0) is 7.11. The minimum Gasteiger partial charge on any atom is -0.400 e. The number of rotatable bonds is 5. The van der Waals surface area contributed by atoms with Gasteiger partial charge in [-0.2, -0.15) is 0 Å². The van der Waals surface area contributed by atoms with Crippen molar-refractivity contribution in [3.63, 3.8) is 0 Å². The SMILES string of the molecule is CO[SiH](CCCN)OC. The van der Waals surface area contributed by atoms with Crippen LogP contribution in [0.2, 0.25) is 6.04 Å². The molecule has 0 spiro atoms. The van der Waals surface area contributed by atoms with E-state index in [4.69, 9.17) is 14.6 Å². The van der Waals surface area contributed by atoms with Crippen LogP contribution in [-0.2, 0) is 8.85 Å². The number of nitrogens with two attached hydrogens (primary N) is 1. The van der Waals surface area contributed by atoms with E-state index in [0.717, 1.165) is 19.0 Å². The summed E-state index contributed by atoms with van der Waals surface area (Å²) in [7, 11) is 2.09. The molecule has 0 fully saturated rings. The van der Waals surface area contributed by atoms with Crippen LogP contribution in [-0.4, -0.2) is 30.0 Å². The van der Waals surface area contributed by atoms with Crippen molar-refractivity contribution in [2.45, 2.75) is 12.5 Å². The van der Waals surface area contributed by atoms with E-state index in [0.29, 0.717) is 0 Å². The van der Waals surface area contributed by atoms with Crippen molar-refractivity contribution < 1.29 is 8.85 Å². The van der Waals surface area contributed by atoms with Gasteiger partial charge in [-0.05, 0) is 19.0 Å². The summed E-state index contributed by atoms with van der Waals surface area (Å²) in [5.74, 6) is 0. The highest BCUT2D eigenvalue weighted by Gasteiger charge is 2.06. The highest BCUT2D eigenvalue weighted by molar-refractivity contribution is 6.44. The zero-order valence-corrected chi connectivity index (χ0v) is 7.25. The van der Waals surface area contributed by atoms with E-state index in [1.54, 1.807) is 14.2 Å². The first-order valence-electron chi connectivity index (χ1n) is 3.10. The fourth-order valence-electron chi connectivity index (χ4n) is 0.616. The summed E-state index contributed by atoms with van der Waals surface area (Å²) in [6.07, 6.45) is 1.01. The molecule has 0 rings (SSSR count). The molecule has 0 atom stereocenters. The molecule has 2 N–H and O–H groups in total. The van der Waals surface area contributed by atoms with Crippen LogP contribution in [0.4, 0.5) is 0 Å². The van der Waals surface area contributed by atoms with Gasteiger partial charge in [-0.3, -0.25) is 0 Å². The second-order valence-electron chi connectivity index (χ2n) is 1.83. The smallest absolute Gasteiger partial charge is 0.320 e. The Labute approximate surface area is 58.0 Å². The van der Waals surface area contributed by atoms with E-state index in [1.807, 2.05) is 0 Å². The predicted molar refractivity (Wildman–Crippen MR) is 39.6 cm³/mol. The normalized spacial score (nSPS) is 10.7. The van der Waals surface area contributed by atoms with E-state index in [1.165, 1.54) is 0 Å². The third kappa shape index (κ3) is 4.59. The van der Waals surface area contributed by atoms with E-state index in [2.05, 4.69) is 0 Å². The van der Waals surface area contributed by atoms with Crippen LogP contribution in [0.1, 0.15) is 6.42 Å². The van der Waals surface area contributed by atoms with Gasteiger partial charge in [0.05, 0.1) is 0 Å². The Morgan fingerprint density at radius 3 is 2.22 bits per heavy atom. The van der Waals surface area contributed by atoms with Crippen molar-refractivity contribution >= 4 is 9.28 Å². The van der Waals surface area contributed by atoms with Gasteiger partial charge in [0.25, 0.3) is 0 Å². The standard InChI is InChI=1S/C5H15NO2Si/c1-7-9(8-2)5-3-4-6/h9H,3-6H2,1-2H3. The molecule has 0 heterocycles. The fourth-order valence-corrected chi connectivity index (χ4v) is 1.85. The third-order valence-electron chi connectivity index (χ3n) is 1.17. The first-order chi connectivity index (χ1) is 4.35. The molecule has 56 valence electrons. The number of hydrogen-bond donors (Lipinski definition) is 1. The molecule has 0 saturated carbocycles. The van der Waals surface area contributed by atoms with Gasteiger partial charge in [-0.1, -0.05) is 0 Å². The molecule has 0 amide bonds. The van der Waals surface area contributed by atoms with Crippen molar-refractivity contribution in [3.05, 3.63) is 0 Å². The average molecular weight is 149 g/mol. The van der Waals surface area contributed by atoms with E-state index in [9.17, 15) is 0 Å². The Morgan fingerprint density at radius 2 is 1.89 bits per heavy atom. The highest BCUT2D eigenvalue weighted by atomic mass is 28.3. The van der Waals surface area contributed by atoms with Crippen molar-refractivity contribution in [1.82, 2.24) is 0 Å². The molecule has 0 aliphatic rings. The second-order valence-corrected chi connectivity index (χ2v) is 4.21. The lowest BCUT2D eigenvalue weighted by atomic mass is 10.5. The molecule has 0 saturated heterocycles. The minimum absolute atomic E-state index is 0.732. The summed E-state index contributed by atoms with van der Waals surface area (Å²) < 4.78 is 10.1. The van der Waals surface area contributed by atoms with Gasteiger partial charge in [0.15, 0.2) is 0 Å². The lowest BCUT2D eigenvalue weighted by Gasteiger charge is -2.08. The van der Waals surface area contributed by atoms with Crippen LogP contribution in [0.15, 0.2) is 0 Å². The van der Waals surface area contributed by atoms with Gasteiger partial charge >= 0.3 is 9.28 Å². The van der Waals surface area contributed by atoms with Crippen molar-refractivity contribution in [3.8, 4) is 0 Å². The summed E-state index contributed by atoms with van der Waals surface area (Å²) in [5, 5.41) is 0. The molecular weight excluding hydrogens is 134 g/mol. The Bertz CT molecular complexity index is 58.9. The Kier molecular flexibility index (Phi) is 6.29. The molecule has 0 radical (unpaired) electrons. The van der Waals surface area contributed by atoms with Crippen molar-refractivity contribution in [2.75, 3.05) is 20.8 Å². The summed E-state index contributed by atoms with van der Waals surface area (Å²) >= 11 is 0. The molecule has 0 aromatic heterocycles. The maximum atomic E-state index is 5.30. The molecule has 0 aromatic carbocycles. The molecule has 3 nitrogen and oxygen atoms in total. The van der Waals surface area contributed by atoms with Crippen LogP contribution < -0.4 is 5.73 Å². The largest absolute Gasteiger partial charge is 0.400 e. The molecule has 0 unspecified atom stereocenters. The minimum atomic E-state index is -1.29. The van der Waals surface area contributed by atoms with E-state index >= 15 is 0 Å². The molecule has 0 aliphatic heterocycles. The lowest BCUT2D eigenvalue weighted by Crippen LogP contribution is -2.19. The molecule has 0 aliphatic carbocycles. The Hall–Kier alpha value is 0.0969. The second kappa shape index (κ2) is 6.22. The van der Waals surface area contributed by atoms with Crippen LogP contribution in [0.25, 0.3) is 0 Å². The van der Waals surface area contributed by atoms with Crippen LogP contribution in [0.3, 0.4) is 0 Å². The number of hydrogen-bond acceptors (Lipinski definition) is 3. The van der Waals surface area contributed by atoms with E-state index < -0.39 is 9.28 Å². The quantitative estimate of drug-likeness (QED) is 0.553. The highest BCUT2D eigenvalue weighted by Crippen LogP contribution is 1.96. The van der Waals surface area contributed by atoms with Gasteiger partial charge in [-0.25, -0.2) is 0 Å². The molecule has 0 aromatic rings. The summed E-state index contributed by atoms with van der Waals surface area (Å²) in [4.78, 5) is 0. The molecule has 4 heteroatoms. The fraction of sp³-hybridized carbons (Fsp3) is 1.00. The topological polar surface area (TPSA) is 44.5 Å². The van der Waals surface area contributed by atoms with Crippen LogP contribution in [0.5, 0.6) is 0 Å². The first kappa shape index (κ1) is 9.10. The maximum Gasteiger partial charge on any atom is 0.320 e. The van der Waals surface area contributed by atoms with Gasteiger partial charge in [-0.15, -0.1) is 0 Å². The first-order valence-corrected chi connectivity index (χ1v) is 4.86. The summed E-state index contributed by atoms with van der Waals surface area (Å²) in [6.45, 7) is 0.732. The molecule has 9 heavy (non-hydrogen) atoms. The zero-order valence-electron chi connectivity index (χ0n) is 6.09. The van der Waals surface area contributed by atoms with Gasteiger partial charge in [0.1, 0.15) is 0 Å². The summed E-state index contributed by atoms with van der Waals surface area (Å²) in [6, 6.07) is 1.02. The van der Waals surface area contributed by atoms with Gasteiger partial charge in [0.2, 0.25) is 0 Å². The predicted octanol–water partition coefficient (Wildman–Crippen LogP) is -0.152. The Balaban J connectivity index is 3.09. The van der Waals surface area contributed by atoms with Crippen LogP contribution >= 0.6 is 0 Å². The third-order valence-corrected chi connectivity index (χ3v) is 3.10. The van der Waals surface area contributed by atoms with Crippen molar-refractivity contribution in [1.29, 1.82) is 0 Å². The average Bonchev–Trinajstić information content (AvgIpc) is 1.91. The van der Waals surface area contributed by atoms with Crippen LogP contribution in [0, 0.1) is 0 Å². The molecular formula is C5H15NO2Si. The maximum absolute atomic E-state index is 5.30. The van der Waals surface area contributed by atoms with Crippen molar-refractivity contribution in [2.24, 2.45) is 5.73 Å². The van der Waals surface area contributed by atoms with Gasteiger partial charge in [0, 0.05) is 14.2 Å². The summed E-state index contributed by atoms with van der Waals surface area (Å²) in [5.41, 5.74) is 5.30.